The number of methoxy groups -OCH3 is 1. The summed E-state index contributed by atoms with van der Waals surface area (Å²) in [5.74, 6) is -0.519. The van der Waals surface area contributed by atoms with E-state index in [0.717, 1.165) is 0 Å². The Hall–Kier alpha value is -1.49. The number of amides is 1. The van der Waals surface area contributed by atoms with Crippen molar-refractivity contribution < 1.29 is 14.3 Å². The van der Waals surface area contributed by atoms with Crippen LogP contribution in [0.3, 0.4) is 0 Å². The number of halogens is 1. The van der Waals surface area contributed by atoms with Gasteiger partial charge in [-0.2, -0.15) is 0 Å². The maximum absolute atomic E-state index is 12.1. The maximum Gasteiger partial charge on any atom is 0.328 e. The summed E-state index contributed by atoms with van der Waals surface area (Å²) in [5.41, 5.74) is 0.405. The lowest BCUT2D eigenvalue weighted by molar-refractivity contribution is -0.143. The van der Waals surface area contributed by atoms with Gasteiger partial charge in [-0.15, -0.1) is 0 Å². The highest BCUT2D eigenvalue weighted by atomic mass is 35.5. The van der Waals surface area contributed by atoms with Gasteiger partial charge in [0.1, 0.15) is 11.7 Å². The molecule has 0 aliphatic heterocycles. The third kappa shape index (κ3) is 4.28. The van der Waals surface area contributed by atoms with E-state index in [1.165, 1.54) is 7.11 Å². The summed E-state index contributed by atoms with van der Waals surface area (Å²) >= 11 is 5.83. The van der Waals surface area contributed by atoms with Crippen molar-refractivity contribution in [1.29, 1.82) is 0 Å². The molecular weight excluding hydrogens is 268 g/mol. The predicted octanol–water partition coefficient (Wildman–Crippen LogP) is 2.00. The number of nitrogens with zero attached hydrogens (tertiary/aromatic N) is 1. The molecule has 0 spiro atoms. The van der Waals surface area contributed by atoms with Gasteiger partial charge in [0.2, 0.25) is 0 Å². The number of hydrogen-bond acceptors (Lipinski definition) is 3. The molecule has 0 aliphatic rings. The van der Waals surface area contributed by atoms with E-state index in [2.05, 4.69) is 5.32 Å². The van der Waals surface area contributed by atoms with Gasteiger partial charge in [-0.1, -0.05) is 25.4 Å². The standard InChI is InChI=1S/C13H19ClN2O3/c1-8(2)5-10(13(18)19-4)15-12(17)11-6-9(14)7-16(11)3/h6-8,10H,5H2,1-4H3,(H,15,17). The van der Waals surface area contributed by atoms with Crippen LogP contribution >= 0.6 is 11.6 Å². The van der Waals surface area contributed by atoms with Crippen LogP contribution in [0.2, 0.25) is 5.02 Å². The maximum atomic E-state index is 12.1. The lowest BCUT2D eigenvalue weighted by Gasteiger charge is -2.18. The number of ether oxygens (including phenoxy) is 1. The number of nitrogens with one attached hydrogen (secondary N) is 1. The highest BCUT2D eigenvalue weighted by Crippen LogP contribution is 2.13. The smallest absolute Gasteiger partial charge is 0.328 e. The molecule has 1 rings (SSSR count). The van der Waals surface area contributed by atoms with Crippen LogP contribution in [0.1, 0.15) is 30.8 Å². The number of aryl methyl sites for hydroxylation is 1. The lowest BCUT2D eigenvalue weighted by Crippen LogP contribution is -2.42. The van der Waals surface area contributed by atoms with E-state index < -0.39 is 12.0 Å². The Morgan fingerprint density at radius 3 is 2.53 bits per heavy atom. The van der Waals surface area contributed by atoms with Gasteiger partial charge in [-0.25, -0.2) is 4.79 Å². The molecule has 1 aromatic rings. The van der Waals surface area contributed by atoms with E-state index in [9.17, 15) is 9.59 Å². The minimum absolute atomic E-state index is 0.265. The Balaban J connectivity index is 2.81. The molecule has 1 amide bonds. The van der Waals surface area contributed by atoms with Gasteiger partial charge in [-0.3, -0.25) is 4.79 Å². The number of rotatable bonds is 5. The molecule has 1 unspecified atom stereocenters. The number of hydrogen-bond donors (Lipinski definition) is 1. The van der Waals surface area contributed by atoms with E-state index in [4.69, 9.17) is 16.3 Å². The van der Waals surface area contributed by atoms with Crippen LogP contribution in [0.4, 0.5) is 0 Å². The number of aromatic nitrogens is 1. The molecule has 0 aromatic carbocycles. The highest BCUT2D eigenvalue weighted by Gasteiger charge is 2.24. The summed E-state index contributed by atoms with van der Waals surface area (Å²) in [4.78, 5) is 23.7. The second-order valence-electron chi connectivity index (χ2n) is 4.83. The molecule has 5 nitrogen and oxygen atoms in total. The first kappa shape index (κ1) is 15.6. The Kier molecular flexibility index (Phi) is 5.42. The zero-order valence-corrected chi connectivity index (χ0v) is 12.3. The van der Waals surface area contributed by atoms with Crippen molar-refractivity contribution in [2.24, 2.45) is 13.0 Å². The summed E-state index contributed by atoms with van der Waals surface area (Å²) < 4.78 is 6.31. The molecule has 6 heteroatoms. The van der Waals surface area contributed by atoms with Gasteiger partial charge in [0.25, 0.3) is 5.91 Å². The topological polar surface area (TPSA) is 60.3 Å². The van der Waals surface area contributed by atoms with Crippen LogP contribution < -0.4 is 5.32 Å². The molecule has 106 valence electrons. The molecule has 1 N–H and O–H groups in total. The van der Waals surface area contributed by atoms with Gasteiger partial charge in [-0.05, 0) is 18.4 Å². The zero-order chi connectivity index (χ0) is 14.6. The Labute approximate surface area is 117 Å². The highest BCUT2D eigenvalue weighted by molar-refractivity contribution is 6.31. The van der Waals surface area contributed by atoms with Gasteiger partial charge >= 0.3 is 5.97 Å². The first-order chi connectivity index (χ1) is 8.85. The summed E-state index contributed by atoms with van der Waals surface area (Å²) in [6, 6.07) is 0.909. The lowest BCUT2D eigenvalue weighted by atomic mass is 10.0. The van der Waals surface area contributed by atoms with E-state index >= 15 is 0 Å². The summed E-state index contributed by atoms with van der Waals surface area (Å²) in [6.07, 6.45) is 2.16. The van der Waals surface area contributed by atoms with Crippen molar-refractivity contribution in [3.63, 3.8) is 0 Å². The largest absolute Gasteiger partial charge is 0.467 e. The average Bonchev–Trinajstić information content (AvgIpc) is 2.66. The van der Waals surface area contributed by atoms with Crippen molar-refractivity contribution in [2.45, 2.75) is 26.3 Å². The average molecular weight is 287 g/mol. The summed E-state index contributed by atoms with van der Waals surface area (Å²) in [6.45, 7) is 3.95. The fourth-order valence-electron chi connectivity index (χ4n) is 1.81. The molecule has 0 saturated carbocycles. The predicted molar refractivity (Wildman–Crippen MR) is 73.1 cm³/mol. The van der Waals surface area contributed by atoms with Crippen LogP contribution in [0.15, 0.2) is 12.3 Å². The van der Waals surface area contributed by atoms with Gasteiger partial charge in [0.05, 0.1) is 12.1 Å². The first-order valence-corrected chi connectivity index (χ1v) is 6.43. The van der Waals surface area contributed by atoms with Crippen LogP contribution in [-0.2, 0) is 16.6 Å². The Morgan fingerprint density at radius 2 is 2.11 bits per heavy atom. The molecule has 0 radical (unpaired) electrons. The van der Waals surface area contributed by atoms with Crippen molar-refractivity contribution in [3.8, 4) is 0 Å². The van der Waals surface area contributed by atoms with Gasteiger partial charge in [0.15, 0.2) is 0 Å². The van der Waals surface area contributed by atoms with Crippen molar-refractivity contribution >= 4 is 23.5 Å². The molecule has 0 aliphatic carbocycles. The number of esters is 1. The van der Waals surface area contributed by atoms with Crippen molar-refractivity contribution in [2.75, 3.05) is 7.11 Å². The second-order valence-corrected chi connectivity index (χ2v) is 5.27. The van der Waals surface area contributed by atoms with E-state index in [-0.39, 0.29) is 11.8 Å². The molecule has 0 saturated heterocycles. The first-order valence-electron chi connectivity index (χ1n) is 6.05. The minimum Gasteiger partial charge on any atom is -0.467 e. The molecule has 0 bridgehead atoms. The fourth-order valence-corrected chi connectivity index (χ4v) is 2.06. The second kappa shape index (κ2) is 6.61. The summed E-state index contributed by atoms with van der Waals surface area (Å²) in [7, 11) is 3.03. The Bertz CT molecular complexity index is 468. The molecule has 19 heavy (non-hydrogen) atoms. The van der Waals surface area contributed by atoms with E-state index in [1.807, 2.05) is 13.8 Å². The zero-order valence-electron chi connectivity index (χ0n) is 11.6. The molecular formula is C13H19ClN2O3. The van der Waals surface area contributed by atoms with Gasteiger partial charge in [0, 0.05) is 13.2 Å². The van der Waals surface area contributed by atoms with Crippen LogP contribution in [0, 0.1) is 5.92 Å². The van der Waals surface area contributed by atoms with Crippen LogP contribution in [0.5, 0.6) is 0 Å². The SMILES string of the molecule is COC(=O)C(CC(C)C)NC(=O)c1cc(Cl)cn1C. The fraction of sp³-hybridized carbons (Fsp3) is 0.538. The minimum atomic E-state index is -0.647. The van der Waals surface area contributed by atoms with Crippen molar-refractivity contribution in [3.05, 3.63) is 23.0 Å². The van der Waals surface area contributed by atoms with E-state index in [0.29, 0.717) is 17.1 Å². The molecule has 0 fully saturated rings. The normalized spacial score (nSPS) is 12.3. The quantitative estimate of drug-likeness (QED) is 0.842. The van der Waals surface area contributed by atoms with E-state index in [1.54, 1.807) is 23.9 Å². The molecule has 1 atom stereocenters. The van der Waals surface area contributed by atoms with Crippen molar-refractivity contribution in [1.82, 2.24) is 9.88 Å². The number of carbonyl (C=O) groups is 2. The number of carbonyl (C=O) groups excluding carboxylic acids is 2. The van der Waals surface area contributed by atoms with Gasteiger partial charge < -0.3 is 14.6 Å². The molecule has 1 aromatic heterocycles. The molecule has 1 heterocycles. The Morgan fingerprint density at radius 1 is 1.47 bits per heavy atom. The third-order valence-corrected chi connectivity index (χ3v) is 2.91. The summed E-state index contributed by atoms with van der Waals surface area (Å²) in [5, 5.41) is 3.15. The van der Waals surface area contributed by atoms with Crippen LogP contribution in [0.25, 0.3) is 0 Å². The monoisotopic (exact) mass is 286 g/mol. The third-order valence-electron chi connectivity index (χ3n) is 2.70. The van der Waals surface area contributed by atoms with Crippen LogP contribution in [-0.4, -0.2) is 29.6 Å².